The van der Waals surface area contributed by atoms with E-state index in [-0.39, 0.29) is 18.2 Å². The number of carbonyl (C=O) groups is 2. The molecule has 3 heterocycles. The molecule has 1 saturated carbocycles. The predicted octanol–water partition coefficient (Wildman–Crippen LogP) is 4.23. The molecule has 1 aromatic heterocycles. The molecule has 3 aliphatic rings. The number of aliphatic hydroxyl groups is 1. The van der Waals surface area contributed by atoms with Gasteiger partial charge in [-0.05, 0) is 51.5 Å². The Balaban J connectivity index is 0.000000296. The van der Waals surface area contributed by atoms with Crippen LogP contribution in [0.3, 0.4) is 0 Å². The van der Waals surface area contributed by atoms with Crippen LogP contribution in [-0.2, 0) is 9.59 Å². The molecular formula is C24H34F3N3O4. The molecule has 0 radical (unpaired) electrons. The van der Waals surface area contributed by atoms with Crippen LogP contribution in [0.4, 0.5) is 18.9 Å². The Kier molecular flexibility index (Phi) is 8.43. The second kappa shape index (κ2) is 10.9. The van der Waals surface area contributed by atoms with Crippen LogP contribution in [-0.4, -0.2) is 64.3 Å². The quantitative estimate of drug-likeness (QED) is 0.693. The number of hydrogen-bond donors (Lipinski definition) is 1. The SMILES string of the molecule is CN1C(=O)CCC12CC2.C[C@H](Oc1ccc(N2CCCCCC(O)CCC2=O)cn1)C(F)(F)F. The lowest BCUT2D eigenvalue weighted by Crippen LogP contribution is -2.33. The molecule has 10 heteroatoms. The number of halogens is 3. The highest BCUT2D eigenvalue weighted by Crippen LogP contribution is 2.48. The van der Waals surface area contributed by atoms with E-state index in [0.717, 1.165) is 39.0 Å². The van der Waals surface area contributed by atoms with E-state index in [4.69, 9.17) is 4.74 Å². The minimum absolute atomic E-state index is 0.125. The molecule has 2 aliphatic heterocycles. The number of aliphatic hydroxyl groups excluding tert-OH is 1. The number of aromatic nitrogens is 1. The number of carbonyl (C=O) groups excluding carboxylic acids is 2. The van der Waals surface area contributed by atoms with Crippen LogP contribution in [0.1, 0.15) is 71.1 Å². The Labute approximate surface area is 198 Å². The van der Waals surface area contributed by atoms with E-state index in [1.807, 2.05) is 11.9 Å². The lowest BCUT2D eigenvalue weighted by atomic mass is 10.0. The van der Waals surface area contributed by atoms with Crippen LogP contribution in [0.15, 0.2) is 18.3 Å². The molecule has 1 aliphatic carbocycles. The van der Waals surface area contributed by atoms with Gasteiger partial charge in [0.25, 0.3) is 0 Å². The van der Waals surface area contributed by atoms with Crippen molar-refractivity contribution in [3.8, 4) is 5.88 Å². The first-order valence-electron chi connectivity index (χ1n) is 12.0. The van der Waals surface area contributed by atoms with E-state index in [1.54, 1.807) is 4.90 Å². The molecule has 4 rings (SSSR count). The predicted molar refractivity (Wildman–Crippen MR) is 120 cm³/mol. The summed E-state index contributed by atoms with van der Waals surface area (Å²) in [4.78, 5) is 30.7. The molecule has 0 bridgehead atoms. The number of amides is 2. The van der Waals surface area contributed by atoms with E-state index in [2.05, 4.69) is 4.98 Å². The summed E-state index contributed by atoms with van der Waals surface area (Å²) in [6.07, 6.45) is 2.79. The second-order valence-electron chi connectivity index (χ2n) is 9.42. The normalized spacial score (nSPS) is 23.9. The van der Waals surface area contributed by atoms with Gasteiger partial charge in [0, 0.05) is 38.0 Å². The van der Waals surface area contributed by atoms with E-state index in [0.29, 0.717) is 36.5 Å². The summed E-state index contributed by atoms with van der Waals surface area (Å²) < 4.78 is 42.3. The maximum absolute atomic E-state index is 12.5. The zero-order valence-electron chi connectivity index (χ0n) is 19.8. The van der Waals surface area contributed by atoms with Crippen molar-refractivity contribution in [1.29, 1.82) is 0 Å². The fourth-order valence-corrected chi connectivity index (χ4v) is 4.31. The van der Waals surface area contributed by atoms with Gasteiger partial charge in [0.1, 0.15) is 0 Å². The van der Waals surface area contributed by atoms with Crippen molar-refractivity contribution in [2.24, 2.45) is 0 Å². The van der Waals surface area contributed by atoms with Crippen LogP contribution in [0.25, 0.3) is 0 Å². The Hall–Kier alpha value is -2.36. The fraction of sp³-hybridized carbons (Fsp3) is 0.708. The van der Waals surface area contributed by atoms with Gasteiger partial charge in [0.2, 0.25) is 17.7 Å². The van der Waals surface area contributed by atoms with Gasteiger partial charge in [0.15, 0.2) is 6.10 Å². The molecule has 2 atom stereocenters. The first-order chi connectivity index (χ1) is 16.0. The van der Waals surface area contributed by atoms with Crippen LogP contribution >= 0.6 is 0 Å². The molecule has 190 valence electrons. The molecule has 1 unspecified atom stereocenters. The van der Waals surface area contributed by atoms with Crippen LogP contribution < -0.4 is 9.64 Å². The zero-order valence-corrected chi connectivity index (χ0v) is 19.8. The van der Waals surface area contributed by atoms with Gasteiger partial charge in [-0.3, -0.25) is 9.59 Å². The highest BCUT2D eigenvalue weighted by Gasteiger charge is 2.52. The van der Waals surface area contributed by atoms with E-state index in [9.17, 15) is 27.9 Å². The monoisotopic (exact) mass is 485 g/mol. The number of likely N-dealkylation sites (tertiary alicyclic amines) is 1. The minimum atomic E-state index is -4.46. The molecular weight excluding hydrogens is 451 g/mol. The van der Waals surface area contributed by atoms with Crippen molar-refractivity contribution in [3.63, 3.8) is 0 Å². The Bertz CT molecular complexity index is 843. The van der Waals surface area contributed by atoms with Crippen molar-refractivity contribution >= 4 is 17.5 Å². The summed E-state index contributed by atoms with van der Waals surface area (Å²) in [5, 5.41) is 9.80. The number of alkyl halides is 3. The summed E-state index contributed by atoms with van der Waals surface area (Å²) in [6.45, 7) is 1.44. The number of anilines is 1. The lowest BCUT2D eigenvalue weighted by molar-refractivity contribution is -0.189. The zero-order chi connectivity index (χ0) is 24.9. The summed E-state index contributed by atoms with van der Waals surface area (Å²) in [7, 11) is 1.93. The van der Waals surface area contributed by atoms with Gasteiger partial charge >= 0.3 is 6.18 Å². The molecule has 1 aromatic rings. The largest absolute Gasteiger partial charge is 0.465 e. The van der Waals surface area contributed by atoms with E-state index < -0.39 is 18.4 Å². The molecule has 34 heavy (non-hydrogen) atoms. The van der Waals surface area contributed by atoms with Gasteiger partial charge in [-0.15, -0.1) is 0 Å². The number of hydrogen-bond acceptors (Lipinski definition) is 5. The molecule has 1 N–H and O–H groups in total. The summed E-state index contributed by atoms with van der Waals surface area (Å²) in [5.41, 5.74) is 0.879. The summed E-state index contributed by atoms with van der Waals surface area (Å²) in [6, 6.07) is 2.87. The van der Waals surface area contributed by atoms with Gasteiger partial charge in [-0.1, -0.05) is 12.8 Å². The van der Waals surface area contributed by atoms with Crippen molar-refractivity contribution in [3.05, 3.63) is 18.3 Å². The maximum atomic E-state index is 12.5. The van der Waals surface area contributed by atoms with Gasteiger partial charge < -0.3 is 19.6 Å². The first kappa shape index (κ1) is 26.2. The second-order valence-corrected chi connectivity index (χ2v) is 9.42. The highest BCUT2D eigenvalue weighted by molar-refractivity contribution is 5.93. The van der Waals surface area contributed by atoms with Crippen molar-refractivity contribution < 1.29 is 32.6 Å². The third-order valence-electron chi connectivity index (χ3n) is 6.92. The first-order valence-corrected chi connectivity index (χ1v) is 12.0. The Morgan fingerprint density at radius 2 is 1.82 bits per heavy atom. The standard InChI is InChI=1S/C17H23F3N2O3.C7H11NO/c1-12(17(18,19)20)25-15-8-6-13(11-21-15)22-10-4-2-3-5-14(23)7-9-16(22)24;1-8-6(9)2-3-7(8)4-5-7/h6,8,11-12,14,23H,2-5,7,9-10H2,1H3;2-5H2,1H3/t12-,14?;/m0./s1. The van der Waals surface area contributed by atoms with Crippen molar-refractivity contribution in [1.82, 2.24) is 9.88 Å². The number of nitrogens with zero attached hydrogens (tertiary/aromatic N) is 3. The number of rotatable bonds is 3. The number of ether oxygens (including phenoxy) is 1. The van der Waals surface area contributed by atoms with Gasteiger partial charge in [-0.2, -0.15) is 13.2 Å². The molecule has 1 spiro atoms. The summed E-state index contributed by atoms with van der Waals surface area (Å²) in [5.74, 6) is 0.0742. The Morgan fingerprint density at radius 1 is 1.09 bits per heavy atom. The minimum Gasteiger partial charge on any atom is -0.465 e. The molecule has 7 nitrogen and oxygen atoms in total. The van der Waals surface area contributed by atoms with Crippen molar-refractivity contribution in [2.45, 2.75) is 95.1 Å². The van der Waals surface area contributed by atoms with Crippen LogP contribution in [0.5, 0.6) is 5.88 Å². The topological polar surface area (TPSA) is 83.0 Å². The van der Waals surface area contributed by atoms with Crippen molar-refractivity contribution in [2.75, 3.05) is 18.5 Å². The third-order valence-corrected chi connectivity index (χ3v) is 6.92. The summed E-state index contributed by atoms with van der Waals surface area (Å²) >= 11 is 0. The maximum Gasteiger partial charge on any atom is 0.425 e. The smallest absolute Gasteiger partial charge is 0.425 e. The third kappa shape index (κ3) is 6.84. The Morgan fingerprint density at radius 3 is 2.35 bits per heavy atom. The van der Waals surface area contributed by atoms with Gasteiger partial charge in [0.05, 0.1) is 18.0 Å². The van der Waals surface area contributed by atoms with E-state index >= 15 is 0 Å². The van der Waals surface area contributed by atoms with Gasteiger partial charge in [-0.25, -0.2) is 4.98 Å². The van der Waals surface area contributed by atoms with E-state index in [1.165, 1.54) is 31.2 Å². The van der Waals surface area contributed by atoms with Crippen LogP contribution in [0.2, 0.25) is 0 Å². The highest BCUT2D eigenvalue weighted by atomic mass is 19.4. The van der Waals surface area contributed by atoms with Crippen LogP contribution in [0, 0.1) is 0 Å². The molecule has 2 saturated heterocycles. The molecule has 0 aromatic carbocycles. The average molecular weight is 486 g/mol. The molecule has 2 amide bonds. The lowest BCUT2D eigenvalue weighted by Gasteiger charge is -2.25. The molecule has 3 fully saturated rings. The number of pyridine rings is 1. The fourth-order valence-electron chi connectivity index (χ4n) is 4.31. The average Bonchev–Trinajstić information content (AvgIpc) is 3.53.